The van der Waals surface area contributed by atoms with E-state index in [0.29, 0.717) is 6.42 Å². The van der Waals surface area contributed by atoms with Crippen LogP contribution < -0.4 is 0 Å². The molecule has 0 saturated heterocycles. The summed E-state index contributed by atoms with van der Waals surface area (Å²) in [5.74, 6) is 0.297. The summed E-state index contributed by atoms with van der Waals surface area (Å²) in [7, 11) is 0. The summed E-state index contributed by atoms with van der Waals surface area (Å²) < 4.78 is 0. The number of carbonyl (C=O) groups excluding carboxylic acids is 2. The van der Waals surface area contributed by atoms with Gasteiger partial charge in [-0.2, -0.15) is 0 Å². The van der Waals surface area contributed by atoms with Crippen LogP contribution in [0.25, 0.3) is 0 Å². The summed E-state index contributed by atoms with van der Waals surface area (Å²) >= 11 is 0. The highest BCUT2D eigenvalue weighted by Crippen LogP contribution is 2.10. The number of rotatable bonds is 4. The van der Waals surface area contributed by atoms with E-state index in [1.807, 2.05) is 26.0 Å². The van der Waals surface area contributed by atoms with Gasteiger partial charge in [0.1, 0.15) is 5.78 Å². The molecule has 0 spiro atoms. The second-order valence-electron chi connectivity index (χ2n) is 4.09. The van der Waals surface area contributed by atoms with Crippen molar-refractivity contribution in [2.24, 2.45) is 5.92 Å². The lowest BCUT2D eigenvalue weighted by atomic mass is 9.99. The van der Waals surface area contributed by atoms with Crippen LogP contribution in [0.4, 0.5) is 0 Å². The van der Waals surface area contributed by atoms with Crippen LogP contribution in [0.3, 0.4) is 0 Å². The van der Waals surface area contributed by atoms with Crippen LogP contribution in [0.1, 0.15) is 36.7 Å². The van der Waals surface area contributed by atoms with Crippen molar-refractivity contribution in [1.29, 1.82) is 0 Å². The molecule has 0 saturated carbocycles. The van der Waals surface area contributed by atoms with Crippen LogP contribution >= 0.6 is 0 Å². The summed E-state index contributed by atoms with van der Waals surface area (Å²) in [6, 6.07) is 7.27. The molecule has 0 aliphatic heterocycles. The summed E-state index contributed by atoms with van der Waals surface area (Å²) in [6.45, 7) is 5.32. The minimum absolute atomic E-state index is 0.0173. The zero-order valence-electron chi connectivity index (χ0n) is 9.41. The van der Waals surface area contributed by atoms with Gasteiger partial charge in [0.25, 0.3) is 0 Å². The van der Waals surface area contributed by atoms with Gasteiger partial charge >= 0.3 is 0 Å². The summed E-state index contributed by atoms with van der Waals surface area (Å²) in [4.78, 5) is 22.5. The van der Waals surface area contributed by atoms with E-state index in [9.17, 15) is 9.59 Å². The zero-order valence-corrected chi connectivity index (χ0v) is 9.41. The lowest BCUT2D eigenvalue weighted by molar-refractivity contribution is -0.116. The molecule has 0 fully saturated rings. The van der Waals surface area contributed by atoms with Crippen molar-refractivity contribution in [3.05, 3.63) is 35.4 Å². The average Bonchev–Trinajstić information content (AvgIpc) is 2.17. The van der Waals surface area contributed by atoms with E-state index in [2.05, 4.69) is 0 Å². The highest BCUT2D eigenvalue weighted by atomic mass is 16.1. The second kappa shape index (κ2) is 4.87. The summed E-state index contributed by atoms with van der Waals surface area (Å²) in [6.07, 6.45) is 0.441. The molecule has 1 aromatic carbocycles. The summed E-state index contributed by atoms with van der Waals surface area (Å²) in [5.41, 5.74) is 1.68. The van der Waals surface area contributed by atoms with Crippen LogP contribution in [0.5, 0.6) is 0 Å². The van der Waals surface area contributed by atoms with E-state index in [0.717, 1.165) is 11.1 Å². The van der Waals surface area contributed by atoms with Crippen molar-refractivity contribution >= 4 is 11.6 Å². The number of hydrogen-bond acceptors (Lipinski definition) is 2. The van der Waals surface area contributed by atoms with Crippen molar-refractivity contribution in [2.45, 2.75) is 27.2 Å². The van der Waals surface area contributed by atoms with Crippen molar-refractivity contribution in [3.63, 3.8) is 0 Å². The van der Waals surface area contributed by atoms with Gasteiger partial charge in [-0.3, -0.25) is 9.59 Å². The quantitative estimate of drug-likeness (QED) is 0.706. The van der Waals surface area contributed by atoms with E-state index in [4.69, 9.17) is 0 Å². The first kappa shape index (κ1) is 11.6. The molecule has 1 rings (SSSR count). The smallest absolute Gasteiger partial charge is 0.165 e. The lowest BCUT2D eigenvalue weighted by Crippen LogP contribution is -2.07. The highest BCUT2D eigenvalue weighted by molar-refractivity contribution is 5.97. The molecule has 2 nitrogen and oxygen atoms in total. The molecule has 80 valence electrons. The monoisotopic (exact) mass is 204 g/mol. The van der Waals surface area contributed by atoms with Gasteiger partial charge in [0.15, 0.2) is 5.78 Å². The molecule has 0 atom stereocenters. The molecule has 0 aliphatic carbocycles. The Morgan fingerprint density at radius 2 is 1.67 bits per heavy atom. The predicted octanol–water partition coefficient (Wildman–Crippen LogP) is 2.66. The fraction of sp³-hybridized carbons (Fsp3) is 0.385. The Hall–Kier alpha value is -1.44. The third-order valence-electron chi connectivity index (χ3n) is 2.22. The van der Waals surface area contributed by atoms with Gasteiger partial charge in [-0.1, -0.05) is 38.1 Å². The maximum Gasteiger partial charge on any atom is 0.165 e. The Morgan fingerprint density at radius 3 is 2.07 bits per heavy atom. The van der Waals surface area contributed by atoms with Gasteiger partial charge in [0, 0.05) is 17.9 Å². The molecular weight excluding hydrogens is 188 g/mol. The number of ketones is 2. The molecule has 0 N–H and O–H groups in total. The van der Waals surface area contributed by atoms with E-state index < -0.39 is 0 Å². The molecule has 15 heavy (non-hydrogen) atoms. The standard InChI is InChI=1S/C13H16O2/c1-9(2)13(15)12-6-4-11(5-7-12)8-10(3)14/h4-7,9H,8H2,1-3H3. The van der Waals surface area contributed by atoms with E-state index >= 15 is 0 Å². The molecule has 0 aliphatic rings. The Morgan fingerprint density at radius 1 is 1.13 bits per heavy atom. The first-order valence-corrected chi connectivity index (χ1v) is 5.13. The van der Waals surface area contributed by atoms with Crippen LogP contribution in [-0.4, -0.2) is 11.6 Å². The molecule has 0 amide bonds. The Kier molecular flexibility index (Phi) is 3.78. The topological polar surface area (TPSA) is 34.1 Å². The van der Waals surface area contributed by atoms with Gasteiger partial charge in [-0.25, -0.2) is 0 Å². The second-order valence-corrected chi connectivity index (χ2v) is 4.09. The van der Waals surface area contributed by atoms with E-state index in [1.165, 1.54) is 0 Å². The molecule has 0 aromatic heterocycles. The van der Waals surface area contributed by atoms with Crippen LogP contribution in [0, 0.1) is 5.92 Å². The summed E-state index contributed by atoms with van der Waals surface area (Å²) in [5, 5.41) is 0. The van der Waals surface area contributed by atoms with Crippen LogP contribution in [0.15, 0.2) is 24.3 Å². The lowest BCUT2D eigenvalue weighted by Gasteiger charge is -2.04. The molecule has 1 aromatic rings. The average molecular weight is 204 g/mol. The molecule has 0 radical (unpaired) electrons. The Labute approximate surface area is 90.3 Å². The number of hydrogen-bond donors (Lipinski definition) is 0. The van der Waals surface area contributed by atoms with Gasteiger partial charge in [0.05, 0.1) is 0 Å². The van der Waals surface area contributed by atoms with Crippen molar-refractivity contribution in [3.8, 4) is 0 Å². The first-order chi connectivity index (χ1) is 7.00. The first-order valence-electron chi connectivity index (χ1n) is 5.13. The van der Waals surface area contributed by atoms with Crippen molar-refractivity contribution < 1.29 is 9.59 Å². The maximum atomic E-state index is 11.6. The van der Waals surface area contributed by atoms with Gasteiger partial charge < -0.3 is 0 Å². The normalized spacial score (nSPS) is 10.4. The number of Topliss-reactive ketones (excluding diaryl/α,β-unsaturated/α-hetero) is 2. The van der Waals surface area contributed by atoms with Crippen molar-refractivity contribution in [1.82, 2.24) is 0 Å². The Balaban J connectivity index is 2.81. The minimum Gasteiger partial charge on any atom is -0.300 e. The molecule has 0 unspecified atom stereocenters. The fourth-order valence-electron chi connectivity index (χ4n) is 1.41. The maximum absolute atomic E-state index is 11.6. The third kappa shape index (κ3) is 3.31. The van der Waals surface area contributed by atoms with Crippen molar-refractivity contribution in [2.75, 3.05) is 0 Å². The fourth-order valence-corrected chi connectivity index (χ4v) is 1.41. The SMILES string of the molecule is CC(=O)Cc1ccc(C(=O)C(C)C)cc1. The molecule has 0 bridgehead atoms. The van der Waals surface area contributed by atoms with Gasteiger partial charge in [-0.05, 0) is 12.5 Å². The van der Waals surface area contributed by atoms with Crippen LogP contribution in [0.2, 0.25) is 0 Å². The number of carbonyl (C=O) groups is 2. The van der Waals surface area contributed by atoms with Crippen LogP contribution in [-0.2, 0) is 11.2 Å². The van der Waals surface area contributed by atoms with Gasteiger partial charge in [-0.15, -0.1) is 0 Å². The minimum atomic E-state index is 0.0173. The molecule has 0 heterocycles. The largest absolute Gasteiger partial charge is 0.300 e. The molecule has 2 heteroatoms. The molecular formula is C13H16O2. The van der Waals surface area contributed by atoms with E-state index in [-0.39, 0.29) is 17.5 Å². The Bertz CT molecular complexity index is 361. The zero-order chi connectivity index (χ0) is 11.4. The highest BCUT2D eigenvalue weighted by Gasteiger charge is 2.09. The predicted molar refractivity (Wildman–Crippen MR) is 60.0 cm³/mol. The third-order valence-corrected chi connectivity index (χ3v) is 2.22. The van der Waals surface area contributed by atoms with Gasteiger partial charge in [0.2, 0.25) is 0 Å². The van der Waals surface area contributed by atoms with E-state index in [1.54, 1.807) is 19.1 Å². The number of benzene rings is 1.